The first-order valence-corrected chi connectivity index (χ1v) is 4.69. The molecule has 0 fully saturated rings. The summed E-state index contributed by atoms with van der Waals surface area (Å²) in [5.41, 5.74) is 6.79. The maximum Gasteiger partial charge on any atom is 0.259 e. The van der Waals surface area contributed by atoms with Crippen LogP contribution in [0, 0.1) is 11.3 Å². The normalized spacial score (nSPS) is 11.3. The Morgan fingerprint density at radius 1 is 1.44 bits per heavy atom. The summed E-state index contributed by atoms with van der Waals surface area (Å²) >= 11 is 0. The van der Waals surface area contributed by atoms with Crippen molar-refractivity contribution in [1.82, 2.24) is 4.98 Å². The summed E-state index contributed by atoms with van der Waals surface area (Å²) in [6.45, 7) is 0. The Hall–Kier alpha value is -2.54. The van der Waals surface area contributed by atoms with Crippen LogP contribution in [-0.4, -0.2) is 10.9 Å². The van der Waals surface area contributed by atoms with Crippen LogP contribution in [0.3, 0.4) is 0 Å². The Balaban J connectivity index is 2.48. The van der Waals surface area contributed by atoms with Gasteiger partial charge in [0.2, 0.25) is 0 Å². The fraction of sp³-hybridized carbons (Fsp3) is 0. The van der Waals surface area contributed by atoms with Crippen molar-refractivity contribution >= 4 is 22.9 Å². The number of H-pyrrole nitrogens is 1. The second-order valence-electron chi connectivity index (χ2n) is 3.36. The zero-order chi connectivity index (χ0) is 11.5. The van der Waals surface area contributed by atoms with E-state index in [1.165, 1.54) is 6.08 Å². The summed E-state index contributed by atoms with van der Waals surface area (Å²) in [6, 6.07) is 9.28. The van der Waals surface area contributed by atoms with E-state index in [1.54, 1.807) is 6.07 Å². The number of hydrogen-bond donors (Lipinski definition) is 2. The highest BCUT2D eigenvalue weighted by Crippen LogP contribution is 2.16. The van der Waals surface area contributed by atoms with Gasteiger partial charge in [-0.2, -0.15) is 5.26 Å². The molecule has 0 saturated carbocycles. The summed E-state index contributed by atoms with van der Waals surface area (Å²) in [4.78, 5) is 13.9. The van der Waals surface area contributed by atoms with E-state index in [1.807, 2.05) is 30.5 Å². The largest absolute Gasteiger partial charge is 0.365 e. The maximum atomic E-state index is 10.9. The fourth-order valence-electron chi connectivity index (χ4n) is 1.49. The number of nitrogens with one attached hydrogen (secondary N) is 1. The average molecular weight is 211 g/mol. The second-order valence-corrected chi connectivity index (χ2v) is 3.36. The lowest BCUT2D eigenvalue weighted by Gasteiger charge is -1.95. The first kappa shape index (κ1) is 9.99. The van der Waals surface area contributed by atoms with Gasteiger partial charge in [0.1, 0.15) is 11.6 Å². The lowest BCUT2D eigenvalue weighted by Crippen LogP contribution is -2.12. The Morgan fingerprint density at radius 2 is 2.25 bits per heavy atom. The SMILES string of the molecule is N#C/C(=C\c1ccc2[nH]ccc2c1)C(N)=O. The summed E-state index contributed by atoms with van der Waals surface area (Å²) < 4.78 is 0. The van der Waals surface area contributed by atoms with Gasteiger partial charge in [0.15, 0.2) is 0 Å². The van der Waals surface area contributed by atoms with Gasteiger partial charge in [0.25, 0.3) is 5.91 Å². The van der Waals surface area contributed by atoms with E-state index in [2.05, 4.69) is 4.98 Å². The van der Waals surface area contributed by atoms with E-state index in [0.717, 1.165) is 16.5 Å². The van der Waals surface area contributed by atoms with Crippen LogP contribution >= 0.6 is 0 Å². The Bertz CT molecular complexity index is 616. The molecule has 0 aliphatic rings. The van der Waals surface area contributed by atoms with E-state index < -0.39 is 5.91 Å². The van der Waals surface area contributed by atoms with Crippen LogP contribution < -0.4 is 5.73 Å². The number of amides is 1. The molecule has 4 nitrogen and oxygen atoms in total. The number of carbonyl (C=O) groups is 1. The number of nitrogens with zero attached hydrogens (tertiary/aromatic N) is 1. The van der Waals surface area contributed by atoms with Crippen molar-refractivity contribution in [2.45, 2.75) is 0 Å². The first-order chi connectivity index (χ1) is 7.70. The smallest absolute Gasteiger partial charge is 0.259 e. The molecule has 0 atom stereocenters. The molecule has 0 bridgehead atoms. The van der Waals surface area contributed by atoms with E-state index in [9.17, 15) is 4.79 Å². The molecule has 0 aliphatic heterocycles. The first-order valence-electron chi connectivity index (χ1n) is 4.69. The molecule has 1 aromatic carbocycles. The van der Waals surface area contributed by atoms with Crippen molar-refractivity contribution in [3.63, 3.8) is 0 Å². The molecule has 0 spiro atoms. The molecule has 1 aromatic heterocycles. The zero-order valence-electron chi connectivity index (χ0n) is 8.40. The number of rotatable bonds is 2. The Kier molecular flexibility index (Phi) is 2.44. The molecular weight excluding hydrogens is 202 g/mol. The van der Waals surface area contributed by atoms with E-state index in [0.29, 0.717) is 0 Å². The zero-order valence-corrected chi connectivity index (χ0v) is 8.40. The highest BCUT2D eigenvalue weighted by molar-refractivity contribution is 6.01. The Morgan fingerprint density at radius 3 is 2.94 bits per heavy atom. The molecule has 0 aliphatic carbocycles. The van der Waals surface area contributed by atoms with Gasteiger partial charge in [-0.15, -0.1) is 0 Å². The molecule has 0 saturated heterocycles. The van der Waals surface area contributed by atoms with Gasteiger partial charge in [-0.3, -0.25) is 4.79 Å². The fourth-order valence-corrected chi connectivity index (χ4v) is 1.49. The number of benzene rings is 1. The summed E-state index contributed by atoms with van der Waals surface area (Å²) in [5, 5.41) is 9.73. The number of carbonyl (C=O) groups excluding carboxylic acids is 1. The minimum atomic E-state index is -0.711. The van der Waals surface area contributed by atoms with Gasteiger partial charge < -0.3 is 10.7 Å². The molecule has 0 radical (unpaired) electrons. The van der Waals surface area contributed by atoms with E-state index in [4.69, 9.17) is 11.0 Å². The Labute approximate surface area is 92.0 Å². The predicted molar refractivity (Wildman–Crippen MR) is 61.1 cm³/mol. The average Bonchev–Trinajstić information content (AvgIpc) is 2.72. The van der Waals surface area contributed by atoms with Gasteiger partial charge in [-0.1, -0.05) is 6.07 Å². The minimum absolute atomic E-state index is 0.0464. The molecular formula is C12H9N3O. The number of aromatic amines is 1. The van der Waals surface area contributed by atoms with Crippen molar-refractivity contribution in [3.8, 4) is 6.07 Å². The lowest BCUT2D eigenvalue weighted by molar-refractivity contribution is -0.114. The molecule has 78 valence electrons. The molecule has 1 amide bonds. The maximum absolute atomic E-state index is 10.9. The van der Waals surface area contributed by atoms with Crippen molar-refractivity contribution in [1.29, 1.82) is 5.26 Å². The summed E-state index contributed by atoms with van der Waals surface area (Å²) in [5.74, 6) is -0.711. The molecule has 3 N–H and O–H groups in total. The van der Waals surface area contributed by atoms with E-state index >= 15 is 0 Å². The third-order valence-corrected chi connectivity index (χ3v) is 2.27. The van der Waals surface area contributed by atoms with Gasteiger partial charge in [0, 0.05) is 11.7 Å². The van der Waals surface area contributed by atoms with Crippen molar-refractivity contribution in [3.05, 3.63) is 41.6 Å². The van der Waals surface area contributed by atoms with Crippen LogP contribution in [0.4, 0.5) is 0 Å². The van der Waals surface area contributed by atoms with Crippen LogP contribution in [0.2, 0.25) is 0 Å². The molecule has 16 heavy (non-hydrogen) atoms. The van der Waals surface area contributed by atoms with Crippen molar-refractivity contribution in [2.24, 2.45) is 5.73 Å². The summed E-state index contributed by atoms with van der Waals surface area (Å²) in [7, 11) is 0. The van der Waals surface area contributed by atoms with Crippen LogP contribution in [0.15, 0.2) is 36.0 Å². The molecule has 0 unspecified atom stereocenters. The van der Waals surface area contributed by atoms with Crippen LogP contribution in [-0.2, 0) is 4.79 Å². The molecule has 1 heterocycles. The molecule has 2 rings (SSSR count). The number of fused-ring (bicyclic) bond motifs is 1. The third-order valence-electron chi connectivity index (χ3n) is 2.27. The van der Waals surface area contributed by atoms with Gasteiger partial charge in [-0.25, -0.2) is 0 Å². The molecule has 2 aromatic rings. The number of nitriles is 1. The van der Waals surface area contributed by atoms with Crippen LogP contribution in [0.5, 0.6) is 0 Å². The number of primary amides is 1. The number of hydrogen-bond acceptors (Lipinski definition) is 2. The highest BCUT2D eigenvalue weighted by Gasteiger charge is 2.03. The van der Waals surface area contributed by atoms with Gasteiger partial charge in [-0.05, 0) is 35.2 Å². The summed E-state index contributed by atoms with van der Waals surface area (Å²) in [6.07, 6.45) is 3.31. The predicted octanol–water partition coefficient (Wildman–Crippen LogP) is 1.56. The van der Waals surface area contributed by atoms with Gasteiger partial charge >= 0.3 is 0 Å². The van der Waals surface area contributed by atoms with Crippen LogP contribution in [0.25, 0.3) is 17.0 Å². The third kappa shape index (κ3) is 1.79. The van der Waals surface area contributed by atoms with E-state index in [-0.39, 0.29) is 5.57 Å². The standard InChI is InChI=1S/C12H9N3O/c13-7-10(12(14)16)6-8-1-2-11-9(5-8)3-4-15-11/h1-6,15H,(H2,14,16)/b10-6+. The van der Waals surface area contributed by atoms with Crippen molar-refractivity contribution < 1.29 is 4.79 Å². The second kappa shape index (κ2) is 3.91. The monoisotopic (exact) mass is 211 g/mol. The number of nitrogens with two attached hydrogens (primary N) is 1. The lowest BCUT2D eigenvalue weighted by atomic mass is 10.1. The van der Waals surface area contributed by atoms with Crippen molar-refractivity contribution in [2.75, 3.05) is 0 Å². The highest BCUT2D eigenvalue weighted by atomic mass is 16.1. The van der Waals surface area contributed by atoms with Crippen LogP contribution in [0.1, 0.15) is 5.56 Å². The van der Waals surface area contributed by atoms with Gasteiger partial charge in [0.05, 0.1) is 0 Å². The number of aromatic nitrogens is 1. The quantitative estimate of drug-likeness (QED) is 0.583. The minimum Gasteiger partial charge on any atom is -0.365 e. The molecule has 4 heteroatoms. The topological polar surface area (TPSA) is 82.7 Å².